The summed E-state index contributed by atoms with van der Waals surface area (Å²) in [7, 11) is 4.76. The maximum atomic E-state index is 14.3. The normalized spacial score (nSPS) is 17.2. The number of fused-ring (bicyclic) bond motifs is 1. The molecule has 0 N–H and O–H groups in total. The number of imidazole rings is 1. The SMILES string of the molecule is CCCC1Cc2c(c(-c3c(OC)ncnc3C3CC3)nn2C)CN1c1ccc(-c2nc(C(F)(F)F)c(F)n2C)cn1. The van der Waals surface area contributed by atoms with Crippen molar-refractivity contribution < 1.29 is 22.3 Å². The standard InChI is InChI=1S/C28H30F4N8O/c1-5-6-17-11-19-18(23(37-39(19)3)21-22(15-7-8-15)34-14-35-27(21)41-4)13-40(17)20-10-9-16(12-33-20)26-36-24(28(30,31)32)25(29)38(26)2/h9-10,12,14-15,17H,5-8,11,13H2,1-4H3. The zero-order valence-corrected chi connectivity index (χ0v) is 23.2. The molecule has 1 fully saturated rings. The predicted octanol–water partition coefficient (Wildman–Crippen LogP) is 5.45. The molecule has 4 aromatic rings. The fourth-order valence-electron chi connectivity index (χ4n) is 5.75. The second kappa shape index (κ2) is 10.1. The summed E-state index contributed by atoms with van der Waals surface area (Å²) in [5.41, 5.74) is 3.48. The molecular weight excluding hydrogens is 540 g/mol. The lowest BCUT2D eigenvalue weighted by molar-refractivity contribution is -0.143. The Morgan fingerprint density at radius 1 is 1.10 bits per heavy atom. The molecule has 1 aliphatic heterocycles. The molecule has 0 aromatic carbocycles. The van der Waals surface area contributed by atoms with Crippen LogP contribution in [0.2, 0.25) is 0 Å². The highest BCUT2D eigenvalue weighted by Gasteiger charge is 2.40. The van der Waals surface area contributed by atoms with Crippen LogP contribution in [-0.4, -0.2) is 47.4 Å². The number of methoxy groups -OCH3 is 1. The van der Waals surface area contributed by atoms with Crippen LogP contribution in [0.4, 0.5) is 23.4 Å². The Morgan fingerprint density at radius 3 is 2.49 bits per heavy atom. The van der Waals surface area contributed by atoms with Gasteiger partial charge in [-0.15, -0.1) is 0 Å². The van der Waals surface area contributed by atoms with E-state index >= 15 is 0 Å². The van der Waals surface area contributed by atoms with E-state index in [1.165, 1.54) is 19.6 Å². The lowest BCUT2D eigenvalue weighted by atomic mass is 9.93. The van der Waals surface area contributed by atoms with Gasteiger partial charge in [0.05, 0.1) is 18.4 Å². The highest BCUT2D eigenvalue weighted by Crippen LogP contribution is 2.47. The van der Waals surface area contributed by atoms with E-state index in [4.69, 9.17) is 9.84 Å². The smallest absolute Gasteiger partial charge is 0.437 e. The summed E-state index contributed by atoms with van der Waals surface area (Å²) in [5.74, 6) is -0.0587. The number of aromatic nitrogens is 7. The topological polar surface area (TPSA) is 86.8 Å². The van der Waals surface area contributed by atoms with Crippen LogP contribution >= 0.6 is 0 Å². The van der Waals surface area contributed by atoms with Crippen LogP contribution in [0.1, 0.15) is 61.2 Å². The van der Waals surface area contributed by atoms with Crippen molar-refractivity contribution in [2.75, 3.05) is 12.0 Å². The zero-order valence-electron chi connectivity index (χ0n) is 23.2. The van der Waals surface area contributed by atoms with Crippen molar-refractivity contribution in [2.45, 2.75) is 63.7 Å². The molecule has 6 rings (SSSR count). The first-order valence-corrected chi connectivity index (χ1v) is 13.6. The molecule has 1 atom stereocenters. The van der Waals surface area contributed by atoms with Gasteiger partial charge in [0.15, 0.2) is 5.69 Å². The summed E-state index contributed by atoms with van der Waals surface area (Å²) in [5, 5.41) is 4.93. The van der Waals surface area contributed by atoms with Crippen LogP contribution in [0.15, 0.2) is 24.7 Å². The van der Waals surface area contributed by atoms with Crippen LogP contribution in [0.3, 0.4) is 0 Å². The summed E-state index contributed by atoms with van der Waals surface area (Å²) in [6, 6.07) is 3.51. The summed E-state index contributed by atoms with van der Waals surface area (Å²) in [4.78, 5) is 19.3. The molecule has 1 saturated carbocycles. The number of pyridine rings is 1. The minimum absolute atomic E-state index is 0.133. The van der Waals surface area contributed by atoms with E-state index in [9.17, 15) is 17.6 Å². The van der Waals surface area contributed by atoms with E-state index in [-0.39, 0.29) is 17.4 Å². The summed E-state index contributed by atoms with van der Waals surface area (Å²) in [6.07, 6.45) is 2.82. The minimum Gasteiger partial charge on any atom is -0.480 e. The van der Waals surface area contributed by atoms with Gasteiger partial charge in [0.2, 0.25) is 11.8 Å². The lowest BCUT2D eigenvalue weighted by Crippen LogP contribution is -2.41. The number of ether oxygens (including phenoxy) is 1. The van der Waals surface area contributed by atoms with Crippen molar-refractivity contribution in [1.82, 2.24) is 34.3 Å². The zero-order chi connectivity index (χ0) is 29.1. The number of aryl methyl sites for hydroxylation is 1. The highest BCUT2D eigenvalue weighted by molar-refractivity contribution is 5.73. The van der Waals surface area contributed by atoms with E-state index < -0.39 is 17.8 Å². The van der Waals surface area contributed by atoms with Crippen molar-refractivity contribution in [1.29, 1.82) is 0 Å². The summed E-state index contributed by atoms with van der Waals surface area (Å²) >= 11 is 0. The predicted molar refractivity (Wildman–Crippen MR) is 143 cm³/mol. The van der Waals surface area contributed by atoms with E-state index in [0.717, 1.165) is 64.9 Å². The number of alkyl halides is 3. The van der Waals surface area contributed by atoms with Gasteiger partial charge in [-0.2, -0.15) is 22.7 Å². The Hall–Kier alpha value is -4.03. The number of halogens is 4. The molecule has 1 unspecified atom stereocenters. The number of nitrogens with zero attached hydrogens (tertiary/aromatic N) is 8. The minimum atomic E-state index is -4.89. The molecule has 41 heavy (non-hydrogen) atoms. The lowest BCUT2D eigenvalue weighted by Gasteiger charge is -2.37. The van der Waals surface area contributed by atoms with Crippen molar-refractivity contribution in [3.05, 3.63) is 53.2 Å². The van der Waals surface area contributed by atoms with Crippen molar-refractivity contribution in [3.8, 4) is 28.5 Å². The highest BCUT2D eigenvalue weighted by atomic mass is 19.4. The van der Waals surface area contributed by atoms with Crippen LogP contribution in [0.5, 0.6) is 5.88 Å². The van der Waals surface area contributed by atoms with Gasteiger partial charge in [-0.05, 0) is 31.4 Å². The molecule has 9 nitrogen and oxygen atoms in total. The van der Waals surface area contributed by atoms with Crippen molar-refractivity contribution in [2.24, 2.45) is 14.1 Å². The Kier molecular flexibility index (Phi) is 6.69. The summed E-state index contributed by atoms with van der Waals surface area (Å²) in [6.45, 7) is 2.65. The molecule has 0 radical (unpaired) electrons. The van der Waals surface area contributed by atoms with Gasteiger partial charge in [0.25, 0.3) is 0 Å². The van der Waals surface area contributed by atoms with Gasteiger partial charge in [0.1, 0.15) is 23.7 Å². The van der Waals surface area contributed by atoms with Gasteiger partial charge < -0.3 is 14.2 Å². The second-order valence-electron chi connectivity index (χ2n) is 10.6. The van der Waals surface area contributed by atoms with E-state index in [1.54, 1.807) is 19.2 Å². The van der Waals surface area contributed by atoms with Crippen molar-refractivity contribution in [3.63, 3.8) is 0 Å². The third-order valence-electron chi connectivity index (χ3n) is 7.93. The average molecular weight is 571 g/mol. The molecular formula is C28H30F4N8O. The van der Waals surface area contributed by atoms with Gasteiger partial charge >= 0.3 is 6.18 Å². The third-order valence-corrected chi connectivity index (χ3v) is 7.93. The number of anilines is 1. The molecule has 0 amide bonds. The Balaban J connectivity index is 1.39. The maximum Gasteiger partial charge on any atom is 0.437 e. The van der Waals surface area contributed by atoms with E-state index in [1.807, 2.05) is 11.7 Å². The Labute approximate surface area is 234 Å². The molecule has 13 heteroatoms. The van der Waals surface area contributed by atoms with Crippen LogP contribution in [0, 0.1) is 5.95 Å². The van der Waals surface area contributed by atoms with Gasteiger partial charge in [-0.3, -0.25) is 4.68 Å². The van der Waals surface area contributed by atoms with Crippen LogP contribution in [0.25, 0.3) is 22.6 Å². The number of rotatable bonds is 7. The van der Waals surface area contributed by atoms with Gasteiger partial charge in [-0.25, -0.2) is 19.9 Å². The first kappa shape index (κ1) is 27.2. The number of hydrogen-bond donors (Lipinski definition) is 0. The molecule has 216 valence electrons. The van der Waals surface area contributed by atoms with Crippen LogP contribution in [-0.2, 0) is 33.2 Å². The molecule has 4 aromatic heterocycles. The van der Waals surface area contributed by atoms with Gasteiger partial charge in [-0.1, -0.05) is 13.3 Å². The maximum absolute atomic E-state index is 14.3. The first-order valence-electron chi connectivity index (χ1n) is 13.6. The Bertz CT molecular complexity index is 1590. The van der Waals surface area contributed by atoms with Crippen molar-refractivity contribution >= 4 is 5.82 Å². The van der Waals surface area contributed by atoms with E-state index in [2.05, 4.69) is 31.8 Å². The largest absolute Gasteiger partial charge is 0.480 e. The average Bonchev–Trinajstić information content (AvgIpc) is 3.69. The van der Waals surface area contributed by atoms with Gasteiger partial charge in [0, 0.05) is 62.0 Å². The molecule has 0 spiro atoms. The first-order chi connectivity index (χ1) is 19.6. The third kappa shape index (κ3) is 4.70. The molecule has 0 saturated heterocycles. The molecule has 2 aliphatic rings. The fraction of sp³-hybridized carbons (Fsp3) is 0.464. The van der Waals surface area contributed by atoms with E-state index in [0.29, 0.717) is 24.2 Å². The monoisotopic (exact) mass is 570 g/mol. The fourth-order valence-corrected chi connectivity index (χ4v) is 5.75. The Morgan fingerprint density at radius 2 is 1.88 bits per heavy atom. The molecule has 0 bridgehead atoms. The second-order valence-corrected chi connectivity index (χ2v) is 10.6. The molecule has 5 heterocycles. The molecule has 1 aliphatic carbocycles. The van der Waals surface area contributed by atoms with Crippen LogP contribution < -0.4 is 9.64 Å². The summed E-state index contributed by atoms with van der Waals surface area (Å²) < 4.78 is 62.3. The quantitative estimate of drug-likeness (QED) is 0.273. The number of hydrogen-bond acceptors (Lipinski definition) is 7.